The van der Waals surface area contributed by atoms with Crippen molar-refractivity contribution in [3.8, 4) is 0 Å². The minimum atomic E-state index is -0.308. The fourth-order valence-electron chi connectivity index (χ4n) is 1.34. The van der Waals surface area contributed by atoms with Crippen LogP contribution >= 0.6 is 23.8 Å². The van der Waals surface area contributed by atoms with Crippen LogP contribution in [0.4, 0.5) is 15.9 Å². The van der Waals surface area contributed by atoms with Crippen LogP contribution in [0.2, 0.25) is 5.15 Å². The van der Waals surface area contributed by atoms with Gasteiger partial charge in [0.2, 0.25) is 0 Å². The molecule has 1 heterocycles. The number of pyridine rings is 1. The Labute approximate surface area is 109 Å². The highest BCUT2D eigenvalue weighted by atomic mass is 35.5. The summed E-state index contributed by atoms with van der Waals surface area (Å²) >= 11 is 10.6. The third-order valence-electron chi connectivity index (χ3n) is 2.11. The van der Waals surface area contributed by atoms with Crippen LogP contribution in [0.3, 0.4) is 0 Å². The van der Waals surface area contributed by atoms with Crippen LogP contribution in [0.5, 0.6) is 0 Å². The summed E-state index contributed by atoms with van der Waals surface area (Å²) < 4.78 is 12.8. The minimum absolute atomic E-state index is 0.308. The topological polar surface area (TPSA) is 16.1 Å². The second kappa shape index (κ2) is 5.21. The number of halogens is 2. The van der Waals surface area contributed by atoms with Gasteiger partial charge in [0.25, 0.3) is 0 Å². The van der Waals surface area contributed by atoms with Crippen LogP contribution in [0, 0.1) is 5.82 Å². The Balaban J connectivity index is 2.40. The lowest BCUT2D eigenvalue weighted by atomic mass is 10.3. The van der Waals surface area contributed by atoms with Crippen LogP contribution < -0.4 is 4.90 Å². The number of thiocarbonyl (C=S) groups is 1. The Hall–Kier alpha value is -1.52. The van der Waals surface area contributed by atoms with Gasteiger partial charge in [-0.15, -0.1) is 0 Å². The van der Waals surface area contributed by atoms with Crippen LogP contribution in [0.25, 0.3) is 0 Å². The number of rotatable bonds is 3. The van der Waals surface area contributed by atoms with Crippen LogP contribution in [-0.2, 0) is 0 Å². The number of nitrogens with zero attached hydrogens (tertiary/aromatic N) is 2. The molecule has 0 unspecified atom stereocenters. The van der Waals surface area contributed by atoms with E-state index in [-0.39, 0.29) is 5.82 Å². The first-order valence-electron chi connectivity index (χ1n) is 4.77. The molecule has 1 aromatic heterocycles. The zero-order chi connectivity index (χ0) is 12.3. The summed E-state index contributed by atoms with van der Waals surface area (Å²) in [7, 11) is 0. The molecule has 1 aromatic carbocycles. The zero-order valence-corrected chi connectivity index (χ0v) is 10.2. The minimum Gasteiger partial charge on any atom is -0.283 e. The largest absolute Gasteiger partial charge is 0.283 e. The van der Waals surface area contributed by atoms with Crippen LogP contribution in [0.15, 0.2) is 42.5 Å². The lowest BCUT2D eigenvalue weighted by Gasteiger charge is -2.17. The number of hydrogen-bond donors (Lipinski definition) is 0. The molecule has 5 heteroatoms. The maximum atomic E-state index is 12.8. The second-order valence-corrected chi connectivity index (χ2v) is 3.79. The molecule has 0 bridgehead atoms. The molecule has 2 aromatic rings. The Morgan fingerprint density at radius 3 is 2.47 bits per heavy atom. The smallest absolute Gasteiger partial charge is 0.147 e. The summed E-state index contributed by atoms with van der Waals surface area (Å²) in [6.45, 7) is 0. The molecule has 0 atom stereocenters. The van der Waals surface area contributed by atoms with E-state index in [2.05, 4.69) is 10.5 Å². The molecule has 0 spiro atoms. The van der Waals surface area contributed by atoms with Gasteiger partial charge in [0.15, 0.2) is 0 Å². The first kappa shape index (κ1) is 12.0. The fourth-order valence-corrected chi connectivity index (χ4v) is 1.70. The Morgan fingerprint density at radius 1 is 1.18 bits per heavy atom. The van der Waals surface area contributed by atoms with E-state index in [4.69, 9.17) is 23.8 Å². The SMILES string of the molecule is Fc1ccc(N([C]=S)c2cccc(Cl)n2)cc1. The first-order chi connectivity index (χ1) is 8.20. The molecule has 0 aliphatic carbocycles. The molecular weight excluding hydrogens is 259 g/mol. The van der Waals surface area contributed by atoms with Gasteiger partial charge in [-0.25, -0.2) is 9.37 Å². The highest BCUT2D eigenvalue weighted by Gasteiger charge is 2.08. The van der Waals surface area contributed by atoms with Crippen molar-refractivity contribution in [2.45, 2.75) is 0 Å². The first-order valence-corrected chi connectivity index (χ1v) is 5.55. The van der Waals surface area contributed by atoms with E-state index in [0.717, 1.165) is 0 Å². The molecule has 85 valence electrons. The van der Waals surface area contributed by atoms with Gasteiger partial charge >= 0.3 is 0 Å². The molecule has 1 radical (unpaired) electrons. The van der Waals surface area contributed by atoms with Crippen molar-refractivity contribution in [1.82, 2.24) is 4.98 Å². The van der Waals surface area contributed by atoms with Crippen molar-refractivity contribution in [3.63, 3.8) is 0 Å². The third-order valence-corrected chi connectivity index (χ3v) is 2.50. The van der Waals surface area contributed by atoms with E-state index in [0.29, 0.717) is 16.7 Å². The predicted octanol–water partition coefficient (Wildman–Crippen LogP) is 3.85. The molecule has 0 saturated carbocycles. The van der Waals surface area contributed by atoms with E-state index in [9.17, 15) is 4.39 Å². The van der Waals surface area contributed by atoms with Gasteiger partial charge in [-0.05, 0) is 36.4 Å². The summed E-state index contributed by atoms with van der Waals surface area (Å²) in [5, 5.41) is 0.361. The van der Waals surface area contributed by atoms with Crippen molar-refractivity contribution >= 4 is 40.8 Å². The average molecular weight is 266 g/mol. The van der Waals surface area contributed by atoms with Crippen molar-refractivity contribution in [1.29, 1.82) is 0 Å². The lowest BCUT2D eigenvalue weighted by Crippen LogP contribution is -2.14. The Kier molecular flexibility index (Phi) is 3.66. The number of anilines is 2. The zero-order valence-electron chi connectivity index (χ0n) is 8.60. The monoisotopic (exact) mass is 265 g/mol. The van der Waals surface area contributed by atoms with E-state index in [1.807, 2.05) is 0 Å². The standard InChI is InChI=1S/C12H7ClFN2S/c13-11-2-1-3-12(15-11)16(8-17)10-6-4-9(14)5-7-10/h1-7H. The van der Waals surface area contributed by atoms with Crippen molar-refractivity contribution in [2.24, 2.45) is 0 Å². The number of hydrogen-bond acceptors (Lipinski definition) is 2. The van der Waals surface area contributed by atoms with E-state index in [1.165, 1.54) is 17.0 Å². The second-order valence-electron chi connectivity index (χ2n) is 3.22. The highest BCUT2D eigenvalue weighted by Crippen LogP contribution is 2.23. The molecule has 17 heavy (non-hydrogen) atoms. The molecule has 0 fully saturated rings. The summed E-state index contributed by atoms with van der Waals surface area (Å²) in [6.07, 6.45) is 0. The van der Waals surface area contributed by atoms with Gasteiger partial charge in [0, 0.05) is 5.69 Å². The Bertz CT molecular complexity index is 530. The highest BCUT2D eigenvalue weighted by molar-refractivity contribution is 7.79. The van der Waals surface area contributed by atoms with Gasteiger partial charge in [0.1, 0.15) is 22.3 Å². The molecule has 0 saturated heterocycles. The van der Waals surface area contributed by atoms with E-state index >= 15 is 0 Å². The maximum Gasteiger partial charge on any atom is 0.147 e. The van der Waals surface area contributed by atoms with Gasteiger partial charge in [-0.3, -0.25) is 4.90 Å². The van der Waals surface area contributed by atoms with Crippen LogP contribution in [0.1, 0.15) is 0 Å². The van der Waals surface area contributed by atoms with Gasteiger partial charge in [0.05, 0.1) is 0 Å². The van der Waals surface area contributed by atoms with E-state index in [1.54, 1.807) is 30.3 Å². The average Bonchev–Trinajstić information content (AvgIpc) is 2.33. The van der Waals surface area contributed by atoms with Crippen molar-refractivity contribution in [3.05, 3.63) is 53.4 Å². The molecule has 2 rings (SSSR count). The van der Waals surface area contributed by atoms with Gasteiger partial charge in [-0.2, -0.15) is 0 Å². The van der Waals surface area contributed by atoms with Gasteiger partial charge in [-0.1, -0.05) is 29.9 Å². The summed E-state index contributed by atoms with van der Waals surface area (Å²) in [4.78, 5) is 5.64. The van der Waals surface area contributed by atoms with Crippen molar-refractivity contribution in [2.75, 3.05) is 4.90 Å². The molecule has 0 amide bonds. The molecule has 0 aliphatic rings. The van der Waals surface area contributed by atoms with Gasteiger partial charge < -0.3 is 0 Å². The van der Waals surface area contributed by atoms with E-state index < -0.39 is 0 Å². The summed E-state index contributed by atoms with van der Waals surface area (Å²) in [5.41, 5.74) is 3.23. The quantitative estimate of drug-likeness (QED) is 0.476. The van der Waals surface area contributed by atoms with Crippen LogP contribution in [-0.4, -0.2) is 10.5 Å². The maximum absolute atomic E-state index is 12.8. The summed E-state index contributed by atoms with van der Waals surface area (Å²) in [5.74, 6) is 0.233. The number of benzene rings is 1. The molecule has 0 N–H and O–H groups in total. The molecular formula is C12H7ClFN2S. The molecule has 2 nitrogen and oxygen atoms in total. The lowest BCUT2D eigenvalue weighted by molar-refractivity contribution is 0.628. The Morgan fingerprint density at radius 2 is 1.88 bits per heavy atom. The predicted molar refractivity (Wildman–Crippen MR) is 70.4 cm³/mol. The molecule has 0 aliphatic heterocycles. The van der Waals surface area contributed by atoms with Crippen molar-refractivity contribution < 1.29 is 4.39 Å². The summed E-state index contributed by atoms with van der Waals surface area (Å²) in [6, 6.07) is 11.0. The fraction of sp³-hybridized carbons (Fsp3) is 0. The number of aromatic nitrogens is 1. The normalized spacial score (nSPS) is 10.0. The third kappa shape index (κ3) is 2.78.